The molecule has 0 unspecified atom stereocenters. The van der Waals surface area contributed by atoms with Gasteiger partial charge in [0, 0.05) is 30.2 Å². The van der Waals surface area contributed by atoms with Crippen LogP contribution in [0.5, 0.6) is 0 Å². The number of hydrogen-bond donors (Lipinski definition) is 2. The van der Waals surface area contributed by atoms with E-state index < -0.39 is 0 Å². The minimum absolute atomic E-state index is 0.161. The van der Waals surface area contributed by atoms with Crippen LogP contribution < -0.4 is 10.6 Å². The summed E-state index contributed by atoms with van der Waals surface area (Å²) in [6, 6.07) is 19.9. The van der Waals surface area contributed by atoms with E-state index in [0.29, 0.717) is 24.3 Å². The summed E-state index contributed by atoms with van der Waals surface area (Å²) in [4.78, 5) is 24.5. The van der Waals surface area contributed by atoms with Crippen LogP contribution in [0.4, 0.5) is 5.69 Å². The van der Waals surface area contributed by atoms with Gasteiger partial charge in [0.05, 0.1) is 12.8 Å². The number of hydrogen-bond acceptors (Lipinski definition) is 4. The van der Waals surface area contributed by atoms with Crippen molar-refractivity contribution in [1.82, 2.24) is 15.1 Å². The van der Waals surface area contributed by atoms with Gasteiger partial charge in [0.1, 0.15) is 0 Å². The van der Waals surface area contributed by atoms with Gasteiger partial charge in [0.15, 0.2) is 5.76 Å². The first kappa shape index (κ1) is 19.2. The molecule has 7 nitrogen and oxygen atoms in total. The fourth-order valence-corrected chi connectivity index (χ4v) is 2.99. The lowest BCUT2D eigenvalue weighted by Crippen LogP contribution is -2.22. The molecule has 150 valence electrons. The molecule has 2 aromatic heterocycles. The van der Waals surface area contributed by atoms with Crippen molar-refractivity contribution in [3.8, 4) is 0 Å². The van der Waals surface area contributed by atoms with E-state index in [4.69, 9.17) is 4.42 Å². The van der Waals surface area contributed by atoms with E-state index in [1.807, 2.05) is 47.3 Å². The highest BCUT2D eigenvalue weighted by molar-refractivity contribution is 6.02. The number of nitrogens with one attached hydrogen (secondary N) is 2. The Bertz CT molecular complexity index is 1120. The summed E-state index contributed by atoms with van der Waals surface area (Å²) in [6.07, 6.45) is 5.08. The number of carbonyl (C=O) groups is 2. The maximum absolute atomic E-state index is 12.5. The van der Waals surface area contributed by atoms with Crippen molar-refractivity contribution in [3.05, 3.63) is 108 Å². The molecule has 0 saturated carbocycles. The molecular weight excluding hydrogens is 380 g/mol. The normalized spacial score (nSPS) is 10.5. The van der Waals surface area contributed by atoms with Crippen LogP contribution in [0.25, 0.3) is 0 Å². The fourth-order valence-electron chi connectivity index (χ4n) is 2.99. The summed E-state index contributed by atoms with van der Waals surface area (Å²) in [6.45, 7) is 1.00. The minimum atomic E-state index is -0.323. The zero-order valence-electron chi connectivity index (χ0n) is 16.1. The molecule has 2 N–H and O–H groups in total. The van der Waals surface area contributed by atoms with E-state index in [9.17, 15) is 9.59 Å². The molecule has 4 aromatic rings. The monoisotopic (exact) mass is 400 g/mol. The third-order valence-electron chi connectivity index (χ3n) is 4.50. The second kappa shape index (κ2) is 8.91. The number of rotatable bonds is 7. The number of aromatic nitrogens is 2. The Balaban J connectivity index is 1.33. The molecule has 30 heavy (non-hydrogen) atoms. The maximum Gasteiger partial charge on any atom is 0.291 e. The minimum Gasteiger partial charge on any atom is -0.459 e. The Morgan fingerprint density at radius 1 is 0.933 bits per heavy atom. The number of amides is 2. The molecule has 0 fully saturated rings. The van der Waals surface area contributed by atoms with Gasteiger partial charge in [0.2, 0.25) is 0 Å². The molecule has 0 aliphatic rings. The summed E-state index contributed by atoms with van der Waals surface area (Å²) in [5, 5.41) is 9.85. The van der Waals surface area contributed by atoms with Gasteiger partial charge in [0.25, 0.3) is 11.8 Å². The lowest BCUT2D eigenvalue weighted by atomic mass is 10.1. The Morgan fingerprint density at radius 2 is 1.80 bits per heavy atom. The van der Waals surface area contributed by atoms with Gasteiger partial charge in [-0.15, -0.1) is 0 Å². The van der Waals surface area contributed by atoms with Gasteiger partial charge in [-0.3, -0.25) is 14.3 Å². The van der Waals surface area contributed by atoms with Gasteiger partial charge in [-0.05, 0) is 53.6 Å². The van der Waals surface area contributed by atoms with Gasteiger partial charge in [-0.1, -0.05) is 24.3 Å². The highest BCUT2D eigenvalue weighted by Gasteiger charge is 2.10. The van der Waals surface area contributed by atoms with Gasteiger partial charge in [-0.2, -0.15) is 5.10 Å². The predicted molar refractivity (Wildman–Crippen MR) is 112 cm³/mol. The first-order chi connectivity index (χ1) is 14.7. The standard InChI is InChI=1S/C23H20N4O3/c28-22(19-9-7-17(8-10-19)16-27-12-3-11-25-27)24-15-18-4-1-5-20(14-18)26-23(29)21-6-2-13-30-21/h1-14H,15-16H2,(H,24,28)(H,26,29). The van der Waals surface area contributed by atoms with Crippen LogP contribution in [0.2, 0.25) is 0 Å². The Morgan fingerprint density at radius 3 is 2.53 bits per heavy atom. The third-order valence-corrected chi connectivity index (χ3v) is 4.50. The van der Waals surface area contributed by atoms with Crippen LogP contribution in [-0.4, -0.2) is 21.6 Å². The van der Waals surface area contributed by atoms with Crippen LogP contribution in [0, 0.1) is 0 Å². The highest BCUT2D eigenvalue weighted by Crippen LogP contribution is 2.13. The van der Waals surface area contributed by atoms with Crippen molar-refractivity contribution < 1.29 is 14.0 Å². The fraction of sp³-hybridized carbons (Fsp3) is 0.0870. The molecule has 4 rings (SSSR count). The smallest absolute Gasteiger partial charge is 0.291 e. The second-order valence-corrected chi connectivity index (χ2v) is 6.72. The summed E-state index contributed by atoms with van der Waals surface area (Å²) < 4.78 is 6.92. The van der Waals surface area contributed by atoms with Crippen molar-refractivity contribution in [3.63, 3.8) is 0 Å². The van der Waals surface area contributed by atoms with Crippen LogP contribution in [-0.2, 0) is 13.1 Å². The lowest BCUT2D eigenvalue weighted by Gasteiger charge is -2.09. The number of anilines is 1. The molecule has 7 heteroatoms. The average Bonchev–Trinajstić information content (AvgIpc) is 3.47. The molecule has 0 aliphatic carbocycles. The molecule has 0 atom stereocenters. The molecular formula is C23H20N4O3. The number of furan rings is 1. The molecule has 0 spiro atoms. The Labute approximate surface area is 173 Å². The number of nitrogens with zero attached hydrogens (tertiary/aromatic N) is 2. The summed E-state index contributed by atoms with van der Waals surface area (Å²) in [5.41, 5.74) is 3.15. The van der Waals surface area contributed by atoms with Crippen LogP contribution >= 0.6 is 0 Å². The number of benzene rings is 2. The van der Waals surface area contributed by atoms with E-state index >= 15 is 0 Å². The zero-order chi connectivity index (χ0) is 20.8. The topological polar surface area (TPSA) is 89.2 Å². The van der Waals surface area contributed by atoms with Gasteiger partial charge in [-0.25, -0.2) is 0 Å². The van der Waals surface area contributed by atoms with Crippen molar-refractivity contribution in [2.45, 2.75) is 13.1 Å². The Kier molecular flexibility index (Phi) is 5.70. The SMILES string of the molecule is O=C(NCc1cccc(NC(=O)c2ccco2)c1)c1ccc(Cn2cccn2)cc1. The van der Waals surface area contributed by atoms with Crippen molar-refractivity contribution in [1.29, 1.82) is 0 Å². The quantitative estimate of drug-likeness (QED) is 0.495. The maximum atomic E-state index is 12.5. The van der Waals surface area contributed by atoms with E-state index in [2.05, 4.69) is 15.7 Å². The lowest BCUT2D eigenvalue weighted by molar-refractivity contribution is 0.0949. The summed E-state index contributed by atoms with van der Waals surface area (Å²) >= 11 is 0. The molecule has 0 bridgehead atoms. The van der Waals surface area contributed by atoms with Gasteiger partial charge < -0.3 is 15.1 Å². The summed E-state index contributed by atoms with van der Waals surface area (Å²) in [5.74, 6) is -0.244. The zero-order valence-corrected chi connectivity index (χ0v) is 16.1. The molecule has 0 radical (unpaired) electrons. The van der Waals surface area contributed by atoms with Crippen molar-refractivity contribution in [2.75, 3.05) is 5.32 Å². The van der Waals surface area contributed by atoms with Gasteiger partial charge >= 0.3 is 0 Å². The summed E-state index contributed by atoms with van der Waals surface area (Å²) in [7, 11) is 0. The van der Waals surface area contributed by atoms with Crippen LogP contribution in [0.1, 0.15) is 32.0 Å². The first-order valence-corrected chi connectivity index (χ1v) is 9.46. The molecule has 0 aliphatic heterocycles. The molecule has 2 aromatic carbocycles. The Hall–Kier alpha value is -4.13. The average molecular weight is 400 g/mol. The van der Waals surface area contributed by atoms with E-state index in [1.54, 1.807) is 36.5 Å². The highest BCUT2D eigenvalue weighted by atomic mass is 16.3. The van der Waals surface area contributed by atoms with E-state index in [1.165, 1.54) is 6.26 Å². The molecule has 2 amide bonds. The van der Waals surface area contributed by atoms with Crippen LogP contribution in [0.15, 0.2) is 89.8 Å². The largest absolute Gasteiger partial charge is 0.459 e. The second-order valence-electron chi connectivity index (χ2n) is 6.72. The van der Waals surface area contributed by atoms with Crippen molar-refractivity contribution >= 4 is 17.5 Å². The predicted octanol–water partition coefficient (Wildman–Crippen LogP) is 3.71. The molecule has 2 heterocycles. The van der Waals surface area contributed by atoms with E-state index in [0.717, 1.165) is 11.1 Å². The molecule has 0 saturated heterocycles. The van der Waals surface area contributed by atoms with Crippen molar-refractivity contribution in [2.24, 2.45) is 0 Å². The number of carbonyl (C=O) groups excluding carboxylic acids is 2. The van der Waals surface area contributed by atoms with E-state index in [-0.39, 0.29) is 17.6 Å². The first-order valence-electron chi connectivity index (χ1n) is 9.46. The third kappa shape index (κ3) is 4.82. The van der Waals surface area contributed by atoms with Crippen LogP contribution in [0.3, 0.4) is 0 Å².